The topological polar surface area (TPSA) is 69.7 Å². The van der Waals surface area contributed by atoms with Gasteiger partial charge in [0.15, 0.2) is 0 Å². The highest BCUT2D eigenvalue weighted by Crippen LogP contribution is 2.36. The number of carbonyl (C=O) groups is 3. The average molecular weight is 355 g/mol. The molecule has 0 bridgehead atoms. The Morgan fingerprint density at radius 2 is 1.92 bits per heavy atom. The molecule has 2 heterocycles. The zero-order chi connectivity index (χ0) is 18.3. The van der Waals surface area contributed by atoms with Crippen molar-refractivity contribution < 1.29 is 14.4 Å². The third-order valence-electron chi connectivity index (χ3n) is 6.08. The second-order valence-electron chi connectivity index (χ2n) is 7.68. The first-order valence-corrected chi connectivity index (χ1v) is 9.47. The van der Waals surface area contributed by atoms with Crippen molar-refractivity contribution in [2.75, 3.05) is 26.7 Å². The molecule has 1 aromatic carbocycles. The normalized spacial score (nSPS) is 23.6. The maximum absolute atomic E-state index is 12.7. The highest BCUT2D eigenvalue weighted by molar-refractivity contribution is 5.95. The van der Waals surface area contributed by atoms with Crippen LogP contribution in [0.4, 0.5) is 0 Å². The van der Waals surface area contributed by atoms with Crippen molar-refractivity contribution in [1.29, 1.82) is 0 Å². The first-order valence-electron chi connectivity index (χ1n) is 9.47. The molecule has 0 aromatic heterocycles. The lowest BCUT2D eigenvalue weighted by Gasteiger charge is -2.44. The summed E-state index contributed by atoms with van der Waals surface area (Å²) >= 11 is 0. The van der Waals surface area contributed by atoms with Crippen molar-refractivity contribution in [3.8, 4) is 0 Å². The third kappa shape index (κ3) is 2.97. The molecule has 138 valence electrons. The number of nitrogens with zero attached hydrogens (tertiary/aromatic N) is 2. The minimum Gasteiger partial charge on any atom is -0.359 e. The maximum atomic E-state index is 12.7. The average Bonchev–Trinajstić information content (AvgIpc) is 2.93. The molecular weight excluding hydrogens is 330 g/mol. The van der Waals surface area contributed by atoms with E-state index in [4.69, 9.17) is 0 Å². The van der Waals surface area contributed by atoms with Crippen molar-refractivity contribution in [3.05, 3.63) is 35.4 Å². The summed E-state index contributed by atoms with van der Waals surface area (Å²) in [6, 6.07) is 8.02. The Labute approximate surface area is 153 Å². The van der Waals surface area contributed by atoms with Gasteiger partial charge in [-0.25, -0.2) is 0 Å². The molecule has 0 radical (unpaired) electrons. The summed E-state index contributed by atoms with van der Waals surface area (Å²) in [5.74, 6) is 0.313. The summed E-state index contributed by atoms with van der Waals surface area (Å²) in [6.07, 6.45) is 3.98. The summed E-state index contributed by atoms with van der Waals surface area (Å²) in [5.41, 5.74) is 2.01. The Morgan fingerprint density at radius 1 is 1.15 bits per heavy atom. The second kappa shape index (κ2) is 6.74. The van der Waals surface area contributed by atoms with E-state index >= 15 is 0 Å². The van der Waals surface area contributed by atoms with Gasteiger partial charge < -0.3 is 15.1 Å². The Bertz CT molecular complexity index is 738. The van der Waals surface area contributed by atoms with Crippen molar-refractivity contribution in [3.63, 3.8) is 0 Å². The number of rotatable bonds is 4. The molecule has 1 unspecified atom stereocenters. The fourth-order valence-electron chi connectivity index (χ4n) is 4.13. The van der Waals surface area contributed by atoms with Gasteiger partial charge in [0.1, 0.15) is 0 Å². The Morgan fingerprint density at radius 3 is 2.58 bits per heavy atom. The first-order chi connectivity index (χ1) is 12.6. The van der Waals surface area contributed by atoms with E-state index in [2.05, 4.69) is 11.4 Å². The quantitative estimate of drug-likeness (QED) is 0.887. The van der Waals surface area contributed by atoms with Crippen LogP contribution in [0.25, 0.3) is 0 Å². The van der Waals surface area contributed by atoms with Crippen LogP contribution in [-0.4, -0.2) is 60.2 Å². The smallest absolute Gasteiger partial charge is 0.254 e. The molecule has 1 N–H and O–H groups in total. The molecule has 1 saturated carbocycles. The lowest BCUT2D eigenvalue weighted by molar-refractivity contribution is -0.132. The summed E-state index contributed by atoms with van der Waals surface area (Å²) in [5, 5.41) is 2.61. The molecule has 0 spiro atoms. The highest BCUT2D eigenvalue weighted by Gasteiger charge is 2.43. The molecule has 1 aliphatic carbocycles. The zero-order valence-corrected chi connectivity index (χ0v) is 15.1. The Kier molecular flexibility index (Phi) is 4.42. The van der Waals surface area contributed by atoms with Crippen LogP contribution >= 0.6 is 0 Å². The fraction of sp³-hybridized carbons (Fsp3) is 0.550. The molecule has 3 aliphatic rings. The number of benzene rings is 1. The van der Waals surface area contributed by atoms with Gasteiger partial charge in [-0.05, 0) is 36.5 Å². The van der Waals surface area contributed by atoms with Gasteiger partial charge in [0.25, 0.3) is 5.91 Å². The third-order valence-corrected chi connectivity index (χ3v) is 6.08. The van der Waals surface area contributed by atoms with Crippen LogP contribution in [-0.2, 0) is 9.59 Å². The van der Waals surface area contributed by atoms with E-state index in [1.54, 1.807) is 16.8 Å². The van der Waals surface area contributed by atoms with Crippen molar-refractivity contribution in [1.82, 2.24) is 15.1 Å². The van der Waals surface area contributed by atoms with Gasteiger partial charge in [0.05, 0.1) is 12.0 Å². The van der Waals surface area contributed by atoms with E-state index in [9.17, 15) is 14.4 Å². The van der Waals surface area contributed by atoms with E-state index in [1.165, 1.54) is 24.8 Å². The molecule has 1 aromatic rings. The van der Waals surface area contributed by atoms with Gasteiger partial charge in [-0.3, -0.25) is 14.4 Å². The molecule has 1 atom stereocenters. The Hall–Kier alpha value is -2.37. The van der Waals surface area contributed by atoms with E-state index in [0.29, 0.717) is 25.6 Å². The van der Waals surface area contributed by atoms with Gasteiger partial charge in [-0.1, -0.05) is 18.6 Å². The van der Waals surface area contributed by atoms with E-state index in [0.717, 1.165) is 5.56 Å². The van der Waals surface area contributed by atoms with Gasteiger partial charge in [0.2, 0.25) is 11.8 Å². The van der Waals surface area contributed by atoms with Crippen LogP contribution in [0.2, 0.25) is 0 Å². The van der Waals surface area contributed by atoms with Crippen LogP contribution in [0.15, 0.2) is 24.3 Å². The van der Waals surface area contributed by atoms with Gasteiger partial charge >= 0.3 is 0 Å². The molecule has 3 fully saturated rings. The standard InChI is InChI=1S/C20H25N3O3/c1-21-19(25)16-9-18(24)23(10-16)17-11-22(12-17)20(26)15-7-3-6-14(8-15)13-4-2-5-13/h3,6-8,13,16-17H,2,4-5,9-12H2,1H3,(H,21,25). The highest BCUT2D eigenvalue weighted by atomic mass is 16.2. The Balaban J connectivity index is 1.35. The number of hydrogen-bond donors (Lipinski definition) is 1. The zero-order valence-electron chi connectivity index (χ0n) is 15.1. The molecule has 4 rings (SSSR count). The van der Waals surface area contributed by atoms with E-state index in [1.807, 2.05) is 18.2 Å². The number of hydrogen-bond acceptors (Lipinski definition) is 3. The number of likely N-dealkylation sites (tertiary alicyclic amines) is 2. The lowest BCUT2D eigenvalue weighted by atomic mass is 9.79. The minimum atomic E-state index is -0.267. The molecule has 2 saturated heterocycles. The van der Waals surface area contributed by atoms with Crippen molar-refractivity contribution >= 4 is 17.7 Å². The number of amides is 3. The van der Waals surface area contributed by atoms with E-state index < -0.39 is 0 Å². The van der Waals surface area contributed by atoms with E-state index in [-0.39, 0.29) is 36.1 Å². The van der Waals surface area contributed by atoms with Crippen molar-refractivity contribution in [2.45, 2.75) is 37.6 Å². The largest absolute Gasteiger partial charge is 0.359 e. The van der Waals surface area contributed by atoms with Gasteiger partial charge in [-0.2, -0.15) is 0 Å². The number of carbonyl (C=O) groups excluding carboxylic acids is 3. The summed E-state index contributed by atoms with van der Waals surface area (Å²) < 4.78 is 0. The molecular formula is C20H25N3O3. The molecule has 2 aliphatic heterocycles. The number of nitrogens with one attached hydrogen (secondary N) is 1. The minimum absolute atomic E-state index is 0.0164. The molecule has 6 nitrogen and oxygen atoms in total. The lowest BCUT2D eigenvalue weighted by Crippen LogP contribution is -2.61. The van der Waals surface area contributed by atoms with Crippen LogP contribution < -0.4 is 5.32 Å². The molecule has 3 amide bonds. The SMILES string of the molecule is CNC(=O)C1CC(=O)N(C2CN(C(=O)c3cccc(C4CCC4)c3)C2)C1. The van der Waals surface area contributed by atoms with Crippen LogP contribution in [0.1, 0.15) is 47.5 Å². The molecule has 6 heteroatoms. The van der Waals surface area contributed by atoms with Crippen LogP contribution in [0, 0.1) is 5.92 Å². The first kappa shape index (κ1) is 17.1. The second-order valence-corrected chi connectivity index (χ2v) is 7.68. The van der Waals surface area contributed by atoms with Gasteiger partial charge in [0, 0.05) is 38.7 Å². The predicted molar refractivity (Wildman–Crippen MR) is 96.6 cm³/mol. The monoisotopic (exact) mass is 355 g/mol. The van der Waals surface area contributed by atoms with Crippen LogP contribution in [0.5, 0.6) is 0 Å². The fourth-order valence-corrected chi connectivity index (χ4v) is 4.13. The van der Waals surface area contributed by atoms with Crippen LogP contribution in [0.3, 0.4) is 0 Å². The van der Waals surface area contributed by atoms with Gasteiger partial charge in [-0.15, -0.1) is 0 Å². The maximum Gasteiger partial charge on any atom is 0.254 e. The summed E-state index contributed by atoms with van der Waals surface area (Å²) in [7, 11) is 1.59. The summed E-state index contributed by atoms with van der Waals surface area (Å²) in [4.78, 5) is 40.2. The summed E-state index contributed by atoms with van der Waals surface area (Å²) in [6.45, 7) is 1.57. The van der Waals surface area contributed by atoms with Crippen molar-refractivity contribution in [2.24, 2.45) is 5.92 Å². The predicted octanol–water partition coefficient (Wildman–Crippen LogP) is 1.37. The molecule has 26 heavy (non-hydrogen) atoms.